The first-order valence-electron chi connectivity index (χ1n) is 5.69. The Hall–Kier alpha value is -0.890. The monoisotopic (exact) mass is 269 g/mol. The highest BCUT2D eigenvalue weighted by Crippen LogP contribution is 2.36. The van der Waals surface area contributed by atoms with Gasteiger partial charge in [0.1, 0.15) is 0 Å². The first kappa shape index (κ1) is 12.6. The van der Waals surface area contributed by atoms with Gasteiger partial charge in [-0.3, -0.25) is 0 Å². The van der Waals surface area contributed by atoms with Gasteiger partial charge >= 0.3 is 0 Å². The summed E-state index contributed by atoms with van der Waals surface area (Å²) in [4.78, 5) is 2.87. The minimum atomic E-state index is 0.158. The van der Waals surface area contributed by atoms with Gasteiger partial charge in [-0.1, -0.05) is 28.3 Å². The summed E-state index contributed by atoms with van der Waals surface area (Å²) in [6.45, 7) is 0. The molecule has 0 radical (unpaired) electrons. The molecule has 17 heavy (non-hydrogen) atoms. The highest BCUT2D eigenvalue weighted by atomic mass is 35.5. The first-order valence-corrected chi connectivity index (χ1v) is 6.45. The van der Waals surface area contributed by atoms with Gasteiger partial charge in [0.2, 0.25) is 0 Å². The lowest BCUT2D eigenvalue weighted by Gasteiger charge is -2.26. The van der Waals surface area contributed by atoms with Gasteiger partial charge in [-0.05, 0) is 60.9 Å². The molecule has 0 aromatic heterocycles. The summed E-state index contributed by atoms with van der Waals surface area (Å²) in [5.41, 5.74) is 9.59. The van der Waals surface area contributed by atoms with E-state index in [2.05, 4.69) is 10.0 Å². The van der Waals surface area contributed by atoms with Crippen molar-refractivity contribution < 1.29 is 0 Å². The molecule has 0 heterocycles. The molecule has 1 saturated carbocycles. The van der Waals surface area contributed by atoms with Gasteiger partial charge in [-0.25, -0.2) is 0 Å². The normalized spacial score (nSPS) is 24.1. The van der Waals surface area contributed by atoms with Crippen LogP contribution >= 0.6 is 23.2 Å². The fourth-order valence-corrected chi connectivity index (χ4v) is 2.95. The van der Waals surface area contributed by atoms with Crippen LogP contribution in [-0.2, 0) is 0 Å². The van der Waals surface area contributed by atoms with Crippen molar-refractivity contribution in [3.8, 4) is 0 Å². The molecule has 1 aromatic rings. The maximum absolute atomic E-state index is 8.40. The van der Waals surface area contributed by atoms with Crippen molar-refractivity contribution in [2.75, 3.05) is 0 Å². The average Bonchev–Trinajstić information content (AvgIpc) is 2.29. The fourth-order valence-electron chi connectivity index (χ4n) is 2.41. The fraction of sp³-hybridized carbons (Fsp3) is 0.500. The Morgan fingerprint density at radius 2 is 1.65 bits per heavy atom. The minimum Gasteiger partial charge on any atom is -0.0906 e. The molecule has 90 valence electrons. The number of benzene rings is 1. The smallest absolute Gasteiger partial charge is 0.0423 e. The van der Waals surface area contributed by atoms with E-state index in [9.17, 15) is 0 Å². The zero-order valence-electron chi connectivity index (χ0n) is 9.31. The average molecular weight is 270 g/mol. The molecule has 1 fully saturated rings. The number of hydrogen-bond donors (Lipinski definition) is 0. The van der Waals surface area contributed by atoms with Gasteiger partial charge < -0.3 is 0 Å². The SMILES string of the molecule is [N-]=[N+]=N[C@H]1CC[C@H](c2cc(Cl)cc(Cl)c2)CC1. The summed E-state index contributed by atoms with van der Waals surface area (Å²) >= 11 is 12.0. The lowest BCUT2D eigenvalue weighted by molar-refractivity contribution is 0.395. The molecule has 0 atom stereocenters. The van der Waals surface area contributed by atoms with Crippen LogP contribution in [0.15, 0.2) is 23.3 Å². The molecule has 1 aromatic carbocycles. The molecule has 0 bridgehead atoms. The highest BCUT2D eigenvalue weighted by molar-refractivity contribution is 6.34. The van der Waals surface area contributed by atoms with Crippen LogP contribution in [0.2, 0.25) is 10.0 Å². The van der Waals surface area contributed by atoms with Crippen LogP contribution in [0.4, 0.5) is 0 Å². The second-order valence-corrected chi connectivity index (χ2v) is 5.29. The summed E-state index contributed by atoms with van der Waals surface area (Å²) in [5.74, 6) is 0.483. The summed E-state index contributed by atoms with van der Waals surface area (Å²) in [5, 5.41) is 5.15. The summed E-state index contributed by atoms with van der Waals surface area (Å²) in [6, 6.07) is 5.86. The van der Waals surface area contributed by atoms with Gasteiger partial charge in [-0.15, -0.1) is 0 Å². The molecule has 0 spiro atoms. The lowest BCUT2D eigenvalue weighted by Crippen LogP contribution is -2.15. The topological polar surface area (TPSA) is 48.8 Å². The second-order valence-electron chi connectivity index (χ2n) is 4.41. The Morgan fingerprint density at radius 3 is 2.18 bits per heavy atom. The van der Waals surface area contributed by atoms with Gasteiger partial charge in [-0.2, -0.15) is 0 Å². The van der Waals surface area contributed by atoms with Crippen molar-refractivity contribution >= 4 is 23.2 Å². The van der Waals surface area contributed by atoms with Crippen LogP contribution in [0.5, 0.6) is 0 Å². The minimum absolute atomic E-state index is 0.158. The largest absolute Gasteiger partial charge is 0.0906 e. The molecule has 2 rings (SSSR count). The highest BCUT2D eigenvalue weighted by Gasteiger charge is 2.21. The number of hydrogen-bond acceptors (Lipinski definition) is 1. The third-order valence-corrected chi connectivity index (χ3v) is 3.70. The predicted molar refractivity (Wildman–Crippen MR) is 70.6 cm³/mol. The van der Waals surface area contributed by atoms with E-state index in [0.717, 1.165) is 25.7 Å². The van der Waals surface area contributed by atoms with Crippen molar-refractivity contribution in [3.63, 3.8) is 0 Å². The molecule has 0 amide bonds. The van der Waals surface area contributed by atoms with Gasteiger partial charge in [0.25, 0.3) is 0 Å². The van der Waals surface area contributed by atoms with Crippen LogP contribution < -0.4 is 0 Å². The first-order chi connectivity index (χ1) is 8.19. The van der Waals surface area contributed by atoms with Crippen LogP contribution in [-0.4, -0.2) is 6.04 Å². The van der Waals surface area contributed by atoms with Crippen molar-refractivity contribution in [1.82, 2.24) is 0 Å². The van der Waals surface area contributed by atoms with Crippen molar-refractivity contribution in [2.45, 2.75) is 37.6 Å². The summed E-state index contributed by atoms with van der Waals surface area (Å²) in [6.07, 6.45) is 3.94. The molecule has 0 unspecified atom stereocenters. The van der Waals surface area contributed by atoms with E-state index in [-0.39, 0.29) is 6.04 Å². The standard InChI is InChI=1S/C12H13Cl2N3/c13-10-5-9(6-11(14)7-10)8-1-3-12(4-2-8)16-17-15/h5-8,12H,1-4H2/t8-,12-. The van der Waals surface area contributed by atoms with Crippen LogP contribution in [0.3, 0.4) is 0 Å². The lowest BCUT2D eigenvalue weighted by atomic mass is 9.82. The van der Waals surface area contributed by atoms with Crippen molar-refractivity contribution in [1.29, 1.82) is 0 Å². The van der Waals surface area contributed by atoms with Crippen LogP contribution in [0.1, 0.15) is 37.2 Å². The third kappa shape index (κ3) is 3.29. The molecule has 0 saturated heterocycles. The van der Waals surface area contributed by atoms with E-state index in [1.165, 1.54) is 5.56 Å². The summed E-state index contributed by atoms with van der Waals surface area (Å²) in [7, 11) is 0. The van der Waals surface area contributed by atoms with E-state index in [1.807, 2.05) is 12.1 Å². The van der Waals surface area contributed by atoms with E-state index < -0.39 is 0 Å². The molecule has 0 N–H and O–H groups in total. The molecule has 1 aliphatic carbocycles. The Balaban J connectivity index is 2.07. The van der Waals surface area contributed by atoms with E-state index in [0.29, 0.717) is 16.0 Å². The molecular weight excluding hydrogens is 257 g/mol. The molecule has 1 aliphatic rings. The molecule has 0 aliphatic heterocycles. The molecule has 5 heteroatoms. The van der Waals surface area contributed by atoms with Crippen molar-refractivity contribution in [2.24, 2.45) is 5.11 Å². The van der Waals surface area contributed by atoms with Crippen molar-refractivity contribution in [3.05, 3.63) is 44.3 Å². The van der Waals surface area contributed by atoms with Crippen LogP contribution in [0.25, 0.3) is 10.4 Å². The summed E-state index contributed by atoms with van der Waals surface area (Å²) < 4.78 is 0. The predicted octanol–water partition coefficient (Wildman–Crippen LogP) is 5.33. The zero-order chi connectivity index (χ0) is 12.3. The van der Waals surface area contributed by atoms with E-state index in [4.69, 9.17) is 28.7 Å². The van der Waals surface area contributed by atoms with E-state index >= 15 is 0 Å². The zero-order valence-corrected chi connectivity index (χ0v) is 10.8. The number of rotatable bonds is 2. The van der Waals surface area contributed by atoms with E-state index in [1.54, 1.807) is 6.07 Å². The van der Waals surface area contributed by atoms with Gasteiger partial charge in [0.05, 0.1) is 0 Å². The van der Waals surface area contributed by atoms with Gasteiger partial charge in [0.15, 0.2) is 0 Å². The Labute approximate surface area is 110 Å². The maximum atomic E-state index is 8.40. The maximum Gasteiger partial charge on any atom is 0.0423 e. The molecular formula is C12H13Cl2N3. The number of halogens is 2. The third-order valence-electron chi connectivity index (χ3n) is 3.27. The Morgan fingerprint density at radius 1 is 1.06 bits per heavy atom. The Bertz CT molecular complexity index is 427. The van der Waals surface area contributed by atoms with Crippen LogP contribution in [0, 0.1) is 0 Å². The second kappa shape index (κ2) is 5.63. The number of azide groups is 1. The Kier molecular flexibility index (Phi) is 4.16. The number of nitrogens with zero attached hydrogens (tertiary/aromatic N) is 3. The van der Waals surface area contributed by atoms with Gasteiger partial charge in [0, 0.05) is 21.0 Å². The quantitative estimate of drug-likeness (QED) is 0.396. The molecule has 3 nitrogen and oxygen atoms in total.